The van der Waals surface area contributed by atoms with Crippen molar-refractivity contribution in [2.45, 2.75) is 0 Å². The first-order chi connectivity index (χ1) is 14.4. The van der Waals surface area contributed by atoms with Crippen LogP contribution < -0.4 is 27.0 Å². The molecule has 0 unspecified atom stereocenters. The zero-order valence-corrected chi connectivity index (χ0v) is 16.4. The van der Waals surface area contributed by atoms with Gasteiger partial charge in [0.05, 0.1) is 20.9 Å². The van der Waals surface area contributed by atoms with Crippen molar-refractivity contribution in [1.82, 2.24) is 25.0 Å². The minimum Gasteiger partial charge on any atom is -0.437 e. The van der Waals surface area contributed by atoms with Gasteiger partial charge in [0, 0.05) is 0 Å². The van der Waals surface area contributed by atoms with Crippen LogP contribution in [0.15, 0.2) is 55.3 Å². The molecule has 2 N–H and O–H groups in total. The Morgan fingerprint density at radius 3 is 2.57 bits per heavy atom. The van der Waals surface area contributed by atoms with Gasteiger partial charge in [-0.3, -0.25) is 14.6 Å². The molecule has 0 bridgehead atoms. The summed E-state index contributed by atoms with van der Waals surface area (Å²) in [6, 6.07) is 11.2. The summed E-state index contributed by atoms with van der Waals surface area (Å²) in [7, 11) is 6.10. The number of halogens is 1. The predicted octanol–water partition coefficient (Wildman–Crippen LogP) is 0.378. The zero-order chi connectivity index (χ0) is 21.4. The number of rotatable bonds is 3. The van der Waals surface area contributed by atoms with Gasteiger partial charge in [-0.25, -0.2) is 9.89 Å². The van der Waals surface area contributed by atoms with Crippen molar-refractivity contribution in [3.63, 3.8) is 0 Å². The number of nitrogens with zero attached hydrogens (tertiary/aromatic N) is 4. The SMILES string of the molecule is [B]c1cc(-n2nc(C#N)c(=O)[nH]c2=O)cc(Br)c1Oc1n[nH]c(=O)c2ccccc12. The standard InChI is InChI=1S/C18H8BBrN6O4/c19-11-5-8(26-18(29)22-16(28)13(7-21)25-26)6-12(20)14(11)30-17-10-4-2-1-3-9(10)15(27)23-24-17/h1-6H,(H,23,27)(H,22,28,29). The number of nitriles is 1. The molecule has 144 valence electrons. The van der Waals surface area contributed by atoms with Gasteiger partial charge < -0.3 is 4.74 Å². The lowest BCUT2D eigenvalue weighted by molar-refractivity contribution is 0.462. The second-order valence-corrected chi connectivity index (χ2v) is 6.84. The molecule has 2 aromatic heterocycles. The van der Waals surface area contributed by atoms with Crippen molar-refractivity contribution in [1.29, 1.82) is 5.26 Å². The van der Waals surface area contributed by atoms with Gasteiger partial charge in [-0.1, -0.05) is 17.6 Å². The molecular formula is C18H8BBrN6O4. The highest BCUT2D eigenvalue weighted by Crippen LogP contribution is 2.31. The van der Waals surface area contributed by atoms with Crippen LogP contribution >= 0.6 is 15.9 Å². The fourth-order valence-electron chi connectivity index (χ4n) is 2.74. The molecule has 0 saturated carbocycles. The summed E-state index contributed by atoms with van der Waals surface area (Å²) >= 11 is 3.32. The molecule has 0 aliphatic carbocycles. The Labute approximate surface area is 176 Å². The van der Waals surface area contributed by atoms with Crippen LogP contribution in [0, 0.1) is 11.3 Å². The smallest absolute Gasteiger partial charge is 0.349 e. The molecule has 0 fully saturated rings. The summed E-state index contributed by atoms with van der Waals surface area (Å²) in [5, 5.41) is 19.9. The first kappa shape index (κ1) is 19.3. The molecule has 0 atom stereocenters. The second-order valence-electron chi connectivity index (χ2n) is 5.98. The summed E-state index contributed by atoms with van der Waals surface area (Å²) in [5.74, 6) is 0.304. The molecule has 0 amide bonds. The highest BCUT2D eigenvalue weighted by atomic mass is 79.9. The number of fused-ring (bicyclic) bond motifs is 1. The largest absolute Gasteiger partial charge is 0.437 e. The monoisotopic (exact) mass is 462 g/mol. The third-order valence-corrected chi connectivity index (χ3v) is 4.68. The Balaban J connectivity index is 1.82. The van der Waals surface area contributed by atoms with Crippen LogP contribution in [0.5, 0.6) is 11.6 Å². The van der Waals surface area contributed by atoms with Crippen LogP contribution in [0.25, 0.3) is 16.5 Å². The first-order valence-electron chi connectivity index (χ1n) is 8.27. The lowest BCUT2D eigenvalue weighted by atomic mass is 9.94. The maximum absolute atomic E-state index is 12.1. The van der Waals surface area contributed by atoms with E-state index in [4.69, 9.17) is 17.8 Å². The van der Waals surface area contributed by atoms with E-state index in [-0.39, 0.29) is 28.3 Å². The highest BCUT2D eigenvalue weighted by Gasteiger charge is 2.15. The minimum absolute atomic E-state index is 0.106. The number of aromatic amines is 2. The number of ether oxygens (including phenoxy) is 1. The molecule has 2 radical (unpaired) electrons. The molecule has 12 heteroatoms. The molecule has 2 aromatic carbocycles. The zero-order valence-electron chi connectivity index (χ0n) is 14.8. The van der Waals surface area contributed by atoms with Crippen molar-refractivity contribution in [2.24, 2.45) is 0 Å². The van der Waals surface area contributed by atoms with E-state index in [0.717, 1.165) is 4.68 Å². The second kappa shape index (κ2) is 7.45. The van der Waals surface area contributed by atoms with E-state index in [2.05, 4.69) is 31.2 Å². The van der Waals surface area contributed by atoms with E-state index in [1.165, 1.54) is 12.1 Å². The van der Waals surface area contributed by atoms with Gasteiger partial charge in [0.2, 0.25) is 11.6 Å². The first-order valence-corrected chi connectivity index (χ1v) is 9.06. The molecule has 30 heavy (non-hydrogen) atoms. The Hall–Kier alpha value is -3.98. The minimum atomic E-state index is -0.887. The summed E-state index contributed by atoms with van der Waals surface area (Å²) in [4.78, 5) is 37.6. The highest BCUT2D eigenvalue weighted by molar-refractivity contribution is 9.10. The normalized spacial score (nSPS) is 10.7. The summed E-state index contributed by atoms with van der Waals surface area (Å²) in [5.41, 5.74) is -2.28. The van der Waals surface area contributed by atoms with E-state index in [1.807, 2.05) is 4.98 Å². The summed E-state index contributed by atoms with van der Waals surface area (Å²) in [6.07, 6.45) is 0. The van der Waals surface area contributed by atoms with Crippen molar-refractivity contribution < 1.29 is 4.74 Å². The van der Waals surface area contributed by atoms with Gasteiger partial charge in [0.25, 0.3) is 11.1 Å². The number of aromatic nitrogens is 5. The Kier molecular flexibility index (Phi) is 4.81. The lowest BCUT2D eigenvalue weighted by Crippen LogP contribution is -2.33. The number of H-pyrrole nitrogens is 2. The Bertz CT molecular complexity index is 1510. The van der Waals surface area contributed by atoms with Gasteiger partial charge in [0.15, 0.2) is 0 Å². The maximum atomic E-state index is 12.1. The molecule has 10 nitrogen and oxygen atoms in total. The molecule has 2 heterocycles. The van der Waals surface area contributed by atoms with Gasteiger partial charge in [-0.15, -0.1) is 10.2 Å². The van der Waals surface area contributed by atoms with E-state index in [9.17, 15) is 14.4 Å². The number of benzene rings is 2. The van der Waals surface area contributed by atoms with Gasteiger partial charge in [-0.2, -0.15) is 9.94 Å². The van der Waals surface area contributed by atoms with Crippen LogP contribution in [0.3, 0.4) is 0 Å². The van der Waals surface area contributed by atoms with E-state index >= 15 is 0 Å². The van der Waals surface area contributed by atoms with Crippen molar-refractivity contribution >= 4 is 40.0 Å². The van der Waals surface area contributed by atoms with Crippen LogP contribution in [-0.4, -0.2) is 32.8 Å². The molecule has 4 aromatic rings. The van der Waals surface area contributed by atoms with Gasteiger partial charge >= 0.3 is 5.69 Å². The van der Waals surface area contributed by atoms with E-state index in [1.54, 1.807) is 30.3 Å². The molecule has 0 saturated heterocycles. The van der Waals surface area contributed by atoms with Crippen LogP contribution in [0.2, 0.25) is 0 Å². The summed E-state index contributed by atoms with van der Waals surface area (Å²) < 4.78 is 6.99. The fraction of sp³-hybridized carbons (Fsp3) is 0. The molecule has 0 aliphatic heterocycles. The molecule has 4 rings (SSSR count). The van der Waals surface area contributed by atoms with Crippen LogP contribution in [-0.2, 0) is 0 Å². The summed E-state index contributed by atoms with van der Waals surface area (Å²) in [6.45, 7) is 0. The molecular weight excluding hydrogens is 455 g/mol. The van der Waals surface area contributed by atoms with Crippen LogP contribution in [0.4, 0.5) is 0 Å². The van der Waals surface area contributed by atoms with E-state index in [0.29, 0.717) is 15.2 Å². The number of hydrogen-bond acceptors (Lipinski definition) is 7. The average Bonchev–Trinajstić information content (AvgIpc) is 2.72. The molecule has 0 spiro atoms. The lowest BCUT2D eigenvalue weighted by Gasteiger charge is -2.14. The fourth-order valence-corrected chi connectivity index (χ4v) is 3.29. The predicted molar refractivity (Wildman–Crippen MR) is 111 cm³/mol. The third kappa shape index (κ3) is 3.31. The Morgan fingerprint density at radius 2 is 1.87 bits per heavy atom. The Morgan fingerprint density at radius 1 is 1.13 bits per heavy atom. The van der Waals surface area contributed by atoms with Gasteiger partial charge in [-0.05, 0) is 40.2 Å². The van der Waals surface area contributed by atoms with Crippen LogP contribution in [0.1, 0.15) is 5.69 Å². The quantitative estimate of drug-likeness (QED) is 0.418. The van der Waals surface area contributed by atoms with E-state index < -0.39 is 16.9 Å². The topological polar surface area (TPSA) is 147 Å². The average molecular weight is 463 g/mol. The number of nitrogens with one attached hydrogen (secondary N) is 2. The van der Waals surface area contributed by atoms with Crippen molar-refractivity contribution in [3.05, 3.63) is 77.8 Å². The van der Waals surface area contributed by atoms with Crippen molar-refractivity contribution in [3.8, 4) is 23.4 Å². The van der Waals surface area contributed by atoms with Gasteiger partial charge in [0.1, 0.15) is 19.7 Å². The maximum Gasteiger partial charge on any atom is 0.349 e. The van der Waals surface area contributed by atoms with Crippen molar-refractivity contribution in [2.75, 3.05) is 0 Å². The molecule has 0 aliphatic rings. The number of hydrogen-bond donors (Lipinski definition) is 2. The third-order valence-electron chi connectivity index (χ3n) is 4.10.